The van der Waals surface area contributed by atoms with Gasteiger partial charge in [0.2, 0.25) is 0 Å². The molecule has 0 radical (unpaired) electrons. The number of aromatic nitrogens is 1. The molecule has 2 atom stereocenters. The topological polar surface area (TPSA) is 103 Å². The van der Waals surface area contributed by atoms with Gasteiger partial charge in [-0.05, 0) is 37.8 Å². The van der Waals surface area contributed by atoms with Gasteiger partial charge in [-0.2, -0.15) is 0 Å². The number of rotatable bonds is 4. The lowest BCUT2D eigenvalue weighted by molar-refractivity contribution is -0.134. The lowest BCUT2D eigenvalue weighted by Crippen LogP contribution is -2.47. The fraction of sp³-hybridized carbons (Fsp3) is 0.421. The number of para-hydroxylation sites is 1. The number of nitrogens with one attached hydrogen (secondary N) is 1. The molecular weight excluding hydrogens is 366 g/mol. The molecule has 0 aliphatic carbocycles. The Morgan fingerprint density at radius 2 is 1.74 bits per heavy atom. The summed E-state index contributed by atoms with van der Waals surface area (Å²) < 4.78 is 1.29. The van der Waals surface area contributed by atoms with Gasteiger partial charge in [-0.3, -0.25) is 0 Å². The van der Waals surface area contributed by atoms with E-state index in [9.17, 15) is 9.59 Å². The molecule has 8 heteroatoms. The molecule has 7 nitrogen and oxygen atoms in total. The van der Waals surface area contributed by atoms with Crippen LogP contribution in [0.1, 0.15) is 25.7 Å². The van der Waals surface area contributed by atoms with Crippen molar-refractivity contribution >= 4 is 38.6 Å². The minimum absolute atomic E-state index is 0.558. The van der Waals surface area contributed by atoms with E-state index in [1.165, 1.54) is 35.5 Å². The number of anilines is 1. The maximum Gasteiger partial charge on any atom is 0.328 e. The van der Waals surface area contributed by atoms with Gasteiger partial charge in [-0.15, -0.1) is 0 Å². The van der Waals surface area contributed by atoms with Crippen molar-refractivity contribution in [3.63, 3.8) is 0 Å². The van der Waals surface area contributed by atoms with Crippen LogP contribution in [0.2, 0.25) is 0 Å². The summed E-state index contributed by atoms with van der Waals surface area (Å²) in [7, 11) is 2.22. The van der Waals surface area contributed by atoms with E-state index in [1.807, 2.05) is 11.3 Å². The molecule has 0 saturated carbocycles. The molecule has 27 heavy (non-hydrogen) atoms. The van der Waals surface area contributed by atoms with Gasteiger partial charge in [-0.25, -0.2) is 14.6 Å². The van der Waals surface area contributed by atoms with Crippen LogP contribution >= 0.6 is 11.3 Å². The first kappa shape index (κ1) is 19.3. The quantitative estimate of drug-likeness (QED) is 0.691. The van der Waals surface area contributed by atoms with Gasteiger partial charge in [-0.1, -0.05) is 23.5 Å². The van der Waals surface area contributed by atoms with Crippen LogP contribution in [0.15, 0.2) is 36.4 Å². The van der Waals surface area contributed by atoms with Crippen LogP contribution in [0.3, 0.4) is 0 Å². The Balaban J connectivity index is 0.000000226. The van der Waals surface area contributed by atoms with Crippen LogP contribution in [-0.4, -0.2) is 52.3 Å². The normalized spacial score (nSPS) is 23.8. The van der Waals surface area contributed by atoms with E-state index in [0.717, 1.165) is 17.6 Å². The highest BCUT2D eigenvalue weighted by Crippen LogP contribution is 2.34. The third-order valence-corrected chi connectivity index (χ3v) is 6.08. The number of piperidine rings is 1. The van der Waals surface area contributed by atoms with Gasteiger partial charge in [0.15, 0.2) is 5.13 Å². The molecule has 1 aromatic carbocycles. The monoisotopic (exact) mass is 389 g/mol. The summed E-state index contributed by atoms with van der Waals surface area (Å²) in [5.74, 6) is -2.51. The van der Waals surface area contributed by atoms with Crippen molar-refractivity contribution in [1.29, 1.82) is 0 Å². The van der Waals surface area contributed by atoms with Gasteiger partial charge < -0.3 is 20.4 Å². The molecule has 0 spiro atoms. The lowest BCUT2D eigenvalue weighted by Gasteiger charge is -2.35. The first-order valence-electron chi connectivity index (χ1n) is 8.90. The maximum atomic E-state index is 9.55. The summed E-state index contributed by atoms with van der Waals surface area (Å²) in [5, 5.41) is 20.5. The zero-order valence-corrected chi connectivity index (χ0v) is 15.9. The van der Waals surface area contributed by atoms with Crippen molar-refractivity contribution in [2.75, 3.05) is 11.9 Å². The van der Waals surface area contributed by atoms with Gasteiger partial charge in [0.25, 0.3) is 0 Å². The van der Waals surface area contributed by atoms with E-state index in [-0.39, 0.29) is 0 Å². The lowest BCUT2D eigenvalue weighted by atomic mass is 9.99. The Labute approximate surface area is 161 Å². The molecule has 2 unspecified atom stereocenters. The first-order chi connectivity index (χ1) is 12.9. The van der Waals surface area contributed by atoms with Crippen molar-refractivity contribution in [3.05, 3.63) is 36.4 Å². The predicted octanol–water partition coefficient (Wildman–Crippen LogP) is 2.73. The van der Waals surface area contributed by atoms with Crippen LogP contribution in [0.25, 0.3) is 10.2 Å². The SMILES string of the molecule is CN(c1nc2ccccc2s1)C1CC2CCC(C1)N2.O=C(O)/C=C/C(=O)O. The number of aliphatic carboxylic acids is 2. The highest BCUT2D eigenvalue weighted by molar-refractivity contribution is 7.22. The van der Waals surface area contributed by atoms with Crippen LogP contribution in [0.4, 0.5) is 5.13 Å². The second kappa shape index (κ2) is 8.49. The van der Waals surface area contributed by atoms with Crippen LogP contribution in [0, 0.1) is 0 Å². The number of carbonyl (C=O) groups is 2. The second-order valence-corrected chi connectivity index (χ2v) is 7.86. The van der Waals surface area contributed by atoms with E-state index < -0.39 is 11.9 Å². The second-order valence-electron chi connectivity index (χ2n) is 6.85. The standard InChI is InChI=1S/C15H19N3S.C4H4O4/c1-18(12-8-10-6-7-11(9-12)16-10)15-17-13-4-2-3-5-14(13)19-15;5-3(6)1-2-4(7)8/h2-5,10-12,16H,6-9H2,1H3;1-2H,(H,5,6)(H,7,8)/b;2-1+. The van der Waals surface area contributed by atoms with E-state index in [1.54, 1.807) is 0 Å². The average molecular weight is 389 g/mol. The minimum atomic E-state index is -1.26. The number of nitrogens with zero attached hydrogens (tertiary/aromatic N) is 2. The number of carboxylic acids is 2. The molecule has 2 bridgehead atoms. The number of hydrogen-bond acceptors (Lipinski definition) is 6. The molecule has 3 N–H and O–H groups in total. The molecule has 2 aliphatic heterocycles. The summed E-state index contributed by atoms with van der Waals surface area (Å²) in [4.78, 5) is 26.3. The van der Waals surface area contributed by atoms with Crippen molar-refractivity contribution in [1.82, 2.24) is 10.3 Å². The molecule has 1 aromatic heterocycles. The number of fused-ring (bicyclic) bond motifs is 3. The predicted molar refractivity (Wildman–Crippen MR) is 105 cm³/mol. The van der Waals surface area contributed by atoms with Crippen molar-refractivity contribution in [3.8, 4) is 0 Å². The number of hydrogen-bond donors (Lipinski definition) is 3. The number of benzene rings is 1. The zero-order valence-electron chi connectivity index (χ0n) is 15.0. The van der Waals surface area contributed by atoms with Crippen molar-refractivity contribution in [2.45, 2.75) is 43.8 Å². The molecule has 2 aliphatic rings. The minimum Gasteiger partial charge on any atom is -0.478 e. The number of carboxylic acid groups (broad SMARTS) is 2. The molecule has 2 aromatic rings. The average Bonchev–Trinajstić information content (AvgIpc) is 3.22. The maximum absolute atomic E-state index is 9.55. The third-order valence-electron chi connectivity index (χ3n) is 4.95. The van der Waals surface area contributed by atoms with Crippen LogP contribution in [0.5, 0.6) is 0 Å². The summed E-state index contributed by atoms with van der Waals surface area (Å²) >= 11 is 1.82. The fourth-order valence-corrected chi connectivity index (χ4v) is 4.65. The van der Waals surface area contributed by atoms with E-state index in [2.05, 4.69) is 41.5 Å². The molecule has 4 rings (SSSR count). The van der Waals surface area contributed by atoms with Crippen LogP contribution < -0.4 is 10.2 Å². The highest BCUT2D eigenvalue weighted by Gasteiger charge is 2.35. The first-order valence-corrected chi connectivity index (χ1v) is 9.72. The Morgan fingerprint density at radius 1 is 1.15 bits per heavy atom. The molecule has 0 amide bonds. The smallest absolute Gasteiger partial charge is 0.328 e. The van der Waals surface area contributed by atoms with E-state index >= 15 is 0 Å². The molecule has 2 saturated heterocycles. The summed E-state index contributed by atoms with van der Waals surface area (Å²) in [5.41, 5.74) is 1.13. The largest absolute Gasteiger partial charge is 0.478 e. The van der Waals surface area contributed by atoms with Crippen LogP contribution in [-0.2, 0) is 9.59 Å². The fourth-order valence-electron chi connectivity index (χ4n) is 3.65. The summed E-state index contributed by atoms with van der Waals surface area (Å²) in [6, 6.07) is 10.6. The van der Waals surface area contributed by atoms with Crippen molar-refractivity contribution in [2.24, 2.45) is 0 Å². The highest BCUT2D eigenvalue weighted by atomic mass is 32.1. The van der Waals surface area contributed by atoms with Gasteiger partial charge in [0.05, 0.1) is 10.2 Å². The summed E-state index contributed by atoms with van der Waals surface area (Å²) in [6.07, 6.45) is 6.36. The van der Waals surface area contributed by atoms with Gasteiger partial charge in [0.1, 0.15) is 0 Å². The van der Waals surface area contributed by atoms with Gasteiger partial charge >= 0.3 is 11.9 Å². The van der Waals surface area contributed by atoms with E-state index in [0.29, 0.717) is 18.2 Å². The van der Waals surface area contributed by atoms with Gasteiger partial charge in [0, 0.05) is 37.3 Å². The Bertz CT molecular complexity index is 789. The Kier molecular flexibility index (Phi) is 6.08. The Morgan fingerprint density at radius 3 is 2.30 bits per heavy atom. The third kappa shape index (κ3) is 5.05. The molecule has 3 heterocycles. The zero-order chi connectivity index (χ0) is 19.4. The Hall–Kier alpha value is -2.45. The molecule has 2 fully saturated rings. The number of thiazole rings is 1. The molecule has 144 valence electrons. The van der Waals surface area contributed by atoms with Crippen molar-refractivity contribution < 1.29 is 19.8 Å². The van der Waals surface area contributed by atoms with E-state index in [4.69, 9.17) is 15.2 Å². The molecular formula is C19H23N3O4S. The summed E-state index contributed by atoms with van der Waals surface area (Å²) in [6.45, 7) is 0.